The first-order valence-electron chi connectivity index (χ1n) is 6.67. The third-order valence-electron chi connectivity index (χ3n) is 2.82. The highest BCUT2D eigenvalue weighted by Crippen LogP contribution is 2.10. The van der Waals surface area contributed by atoms with Crippen LogP contribution in [0.1, 0.15) is 18.4 Å². The molecule has 0 unspecified atom stereocenters. The van der Waals surface area contributed by atoms with E-state index in [1.807, 2.05) is 6.07 Å². The highest BCUT2D eigenvalue weighted by molar-refractivity contribution is 5.96. The van der Waals surface area contributed by atoms with Crippen molar-refractivity contribution in [2.24, 2.45) is 0 Å². The first-order chi connectivity index (χ1) is 10.7. The molecule has 0 bridgehead atoms. The van der Waals surface area contributed by atoms with Crippen LogP contribution in [0.3, 0.4) is 0 Å². The standard InChI is InChI=1S/C16H14N4O2/c17-10-12-3-5-13(6-4-12)19-15(21)7-8-16(22)20-14-2-1-9-18-11-14/h1-6,9,11H,7-8H2,(H,19,21)(H,20,22). The number of pyridine rings is 1. The maximum absolute atomic E-state index is 11.8. The number of nitrogens with zero attached hydrogens (tertiary/aromatic N) is 2. The van der Waals surface area contributed by atoms with Gasteiger partial charge in [0, 0.05) is 24.7 Å². The predicted octanol–water partition coefficient (Wildman–Crippen LogP) is 2.31. The third kappa shape index (κ3) is 4.72. The summed E-state index contributed by atoms with van der Waals surface area (Å²) in [6, 6.07) is 12.0. The Morgan fingerprint density at radius 1 is 1.00 bits per heavy atom. The van der Waals surface area contributed by atoms with Crippen LogP contribution in [0.15, 0.2) is 48.8 Å². The van der Waals surface area contributed by atoms with Gasteiger partial charge < -0.3 is 10.6 Å². The van der Waals surface area contributed by atoms with Gasteiger partial charge in [-0.05, 0) is 36.4 Å². The van der Waals surface area contributed by atoms with E-state index in [2.05, 4.69) is 15.6 Å². The van der Waals surface area contributed by atoms with Crippen LogP contribution >= 0.6 is 0 Å². The van der Waals surface area contributed by atoms with E-state index in [4.69, 9.17) is 5.26 Å². The van der Waals surface area contributed by atoms with Crippen molar-refractivity contribution >= 4 is 23.2 Å². The minimum atomic E-state index is -0.258. The van der Waals surface area contributed by atoms with Crippen LogP contribution in [-0.4, -0.2) is 16.8 Å². The summed E-state index contributed by atoms with van der Waals surface area (Å²) in [6.45, 7) is 0. The molecule has 110 valence electrons. The fourth-order valence-corrected chi connectivity index (χ4v) is 1.74. The second kappa shape index (κ2) is 7.55. The number of amides is 2. The van der Waals surface area contributed by atoms with Crippen molar-refractivity contribution in [1.82, 2.24) is 4.98 Å². The Bertz CT molecular complexity index is 690. The zero-order chi connectivity index (χ0) is 15.8. The van der Waals surface area contributed by atoms with Gasteiger partial charge in [0.1, 0.15) is 0 Å². The molecule has 6 heteroatoms. The van der Waals surface area contributed by atoms with Gasteiger partial charge in [0.2, 0.25) is 11.8 Å². The number of carbonyl (C=O) groups excluding carboxylic acids is 2. The molecule has 2 rings (SSSR count). The van der Waals surface area contributed by atoms with Gasteiger partial charge in [-0.15, -0.1) is 0 Å². The Morgan fingerprint density at radius 2 is 1.64 bits per heavy atom. The molecule has 6 nitrogen and oxygen atoms in total. The number of aromatic nitrogens is 1. The van der Waals surface area contributed by atoms with Crippen molar-refractivity contribution in [3.63, 3.8) is 0 Å². The van der Waals surface area contributed by atoms with Crippen LogP contribution in [0.4, 0.5) is 11.4 Å². The lowest BCUT2D eigenvalue weighted by atomic mass is 10.2. The molecule has 22 heavy (non-hydrogen) atoms. The normalized spacial score (nSPS) is 9.59. The lowest BCUT2D eigenvalue weighted by molar-refractivity contribution is -0.121. The lowest BCUT2D eigenvalue weighted by Crippen LogP contribution is -2.17. The molecular weight excluding hydrogens is 280 g/mol. The Kier molecular flexibility index (Phi) is 5.21. The summed E-state index contributed by atoms with van der Waals surface area (Å²) in [4.78, 5) is 27.3. The van der Waals surface area contributed by atoms with Crippen molar-refractivity contribution in [2.75, 3.05) is 10.6 Å². The number of nitriles is 1. The summed E-state index contributed by atoms with van der Waals surface area (Å²) in [6.07, 6.45) is 3.30. The van der Waals surface area contributed by atoms with E-state index in [1.54, 1.807) is 42.6 Å². The van der Waals surface area contributed by atoms with E-state index in [0.717, 1.165) is 0 Å². The topological polar surface area (TPSA) is 94.9 Å². The van der Waals surface area contributed by atoms with Crippen molar-refractivity contribution in [1.29, 1.82) is 5.26 Å². The SMILES string of the molecule is N#Cc1ccc(NC(=O)CCC(=O)Nc2cccnc2)cc1. The molecule has 0 saturated heterocycles. The lowest BCUT2D eigenvalue weighted by Gasteiger charge is -2.06. The first kappa shape index (κ1) is 15.2. The van der Waals surface area contributed by atoms with E-state index in [-0.39, 0.29) is 24.7 Å². The number of nitrogens with one attached hydrogen (secondary N) is 2. The number of hydrogen-bond donors (Lipinski definition) is 2. The molecule has 0 aliphatic heterocycles. The number of hydrogen-bond acceptors (Lipinski definition) is 4. The summed E-state index contributed by atoms with van der Waals surface area (Å²) in [5.41, 5.74) is 1.71. The predicted molar refractivity (Wildman–Crippen MR) is 81.9 cm³/mol. The van der Waals surface area contributed by atoms with Crippen molar-refractivity contribution in [3.05, 3.63) is 54.4 Å². The van der Waals surface area contributed by atoms with Gasteiger partial charge in [-0.25, -0.2) is 0 Å². The quantitative estimate of drug-likeness (QED) is 0.884. The van der Waals surface area contributed by atoms with Gasteiger partial charge in [0.15, 0.2) is 0 Å². The summed E-state index contributed by atoms with van der Waals surface area (Å²) < 4.78 is 0. The zero-order valence-electron chi connectivity index (χ0n) is 11.7. The molecule has 0 saturated carbocycles. The summed E-state index contributed by atoms with van der Waals surface area (Å²) in [7, 11) is 0. The maximum atomic E-state index is 11.8. The first-order valence-corrected chi connectivity index (χ1v) is 6.67. The van der Waals surface area contributed by atoms with Crippen LogP contribution in [0.25, 0.3) is 0 Å². The molecule has 2 aromatic rings. The molecule has 0 radical (unpaired) electrons. The number of rotatable bonds is 5. The number of anilines is 2. The summed E-state index contributed by atoms with van der Waals surface area (Å²) >= 11 is 0. The highest BCUT2D eigenvalue weighted by atomic mass is 16.2. The maximum Gasteiger partial charge on any atom is 0.224 e. The van der Waals surface area contributed by atoms with E-state index < -0.39 is 0 Å². The second-order valence-corrected chi connectivity index (χ2v) is 4.53. The number of benzene rings is 1. The highest BCUT2D eigenvalue weighted by Gasteiger charge is 2.07. The molecule has 2 N–H and O–H groups in total. The van der Waals surface area contributed by atoms with E-state index in [0.29, 0.717) is 16.9 Å². The van der Waals surface area contributed by atoms with Gasteiger partial charge in [-0.2, -0.15) is 5.26 Å². The molecule has 1 heterocycles. The van der Waals surface area contributed by atoms with Crippen molar-refractivity contribution < 1.29 is 9.59 Å². The third-order valence-corrected chi connectivity index (χ3v) is 2.82. The smallest absolute Gasteiger partial charge is 0.224 e. The largest absolute Gasteiger partial charge is 0.326 e. The van der Waals surface area contributed by atoms with Gasteiger partial charge in [0.25, 0.3) is 0 Å². The Balaban J connectivity index is 1.77. The fourth-order valence-electron chi connectivity index (χ4n) is 1.74. The Morgan fingerprint density at radius 3 is 2.18 bits per heavy atom. The van der Waals surface area contributed by atoms with Crippen molar-refractivity contribution in [2.45, 2.75) is 12.8 Å². The molecule has 0 aliphatic carbocycles. The summed E-state index contributed by atoms with van der Waals surface area (Å²) in [5.74, 6) is -0.506. The minimum absolute atomic E-state index is 0.0755. The monoisotopic (exact) mass is 294 g/mol. The average Bonchev–Trinajstić information content (AvgIpc) is 2.55. The van der Waals surface area contributed by atoms with E-state index in [1.165, 1.54) is 6.20 Å². The van der Waals surface area contributed by atoms with Crippen LogP contribution in [0, 0.1) is 11.3 Å². The average molecular weight is 294 g/mol. The van der Waals surface area contributed by atoms with Crippen LogP contribution in [0.5, 0.6) is 0 Å². The molecule has 0 spiro atoms. The van der Waals surface area contributed by atoms with Crippen LogP contribution in [0.2, 0.25) is 0 Å². The molecular formula is C16H14N4O2. The Labute approximate surface area is 127 Å². The van der Waals surface area contributed by atoms with Crippen LogP contribution in [-0.2, 0) is 9.59 Å². The van der Waals surface area contributed by atoms with E-state index in [9.17, 15) is 9.59 Å². The minimum Gasteiger partial charge on any atom is -0.326 e. The molecule has 2 amide bonds. The zero-order valence-corrected chi connectivity index (χ0v) is 11.7. The Hall–Kier alpha value is -3.20. The second-order valence-electron chi connectivity index (χ2n) is 4.53. The van der Waals surface area contributed by atoms with Gasteiger partial charge in [-0.3, -0.25) is 14.6 Å². The molecule has 1 aromatic heterocycles. The molecule has 0 atom stereocenters. The van der Waals surface area contributed by atoms with Gasteiger partial charge in [-0.1, -0.05) is 0 Å². The molecule has 1 aromatic carbocycles. The summed E-state index contributed by atoms with van der Waals surface area (Å²) in [5, 5.41) is 14.0. The van der Waals surface area contributed by atoms with Gasteiger partial charge >= 0.3 is 0 Å². The number of carbonyl (C=O) groups is 2. The molecule has 0 aliphatic rings. The van der Waals surface area contributed by atoms with Gasteiger partial charge in [0.05, 0.1) is 23.5 Å². The van der Waals surface area contributed by atoms with Crippen molar-refractivity contribution in [3.8, 4) is 6.07 Å². The van der Waals surface area contributed by atoms with Crippen LogP contribution < -0.4 is 10.6 Å². The fraction of sp³-hybridized carbons (Fsp3) is 0.125. The molecule has 0 fully saturated rings. The van der Waals surface area contributed by atoms with E-state index >= 15 is 0 Å².